The number of nitrogens with one attached hydrogen (secondary N) is 1. The highest BCUT2D eigenvalue weighted by Gasteiger charge is 2.65. The summed E-state index contributed by atoms with van der Waals surface area (Å²) in [6.45, 7) is 9.55. The third-order valence-electron chi connectivity index (χ3n) is 8.65. The lowest BCUT2D eigenvalue weighted by molar-refractivity contribution is -0.128. The van der Waals surface area contributed by atoms with Crippen molar-refractivity contribution in [2.45, 2.75) is 64.3 Å². The molecule has 0 spiro atoms. The van der Waals surface area contributed by atoms with Gasteiger partial charge < -0.3 is 19.5 Å². The number of ether oxygens (including phenoxy) is 3. The van der Waals surface area contributed by atoms with Gasteiger partial charge in [-0.3, -0.25) is 9.35 Å². The molecule has 0 heterocycles. The van der Waals surface area contributed by atoms with Crippen LogP contribution in [0.4, 0.5) is 0 Å². The van der Waals surface area contributed by atoms with Gasteiger partial charge in [0.25, 0.3) is 10.1 Å². The van der Waals surface area contributed by atoms with Crippen LogP contribution in [-0.2, 0) is 31.4 Å². The zero-order chi connectivity index (χ0) is 32.1. The predicted molar refractivity (Wildman–Crippen MR) is 164 cm³/mol. The molecule has 0 unspecified atom stereocenters. The van der Waals surface area contributed by atoms with Gasteiger partial charge in [-0.2, -0.15) is 8.42 Å². The topological polar surface area (TPSA) is 171 Å². The Morgan fingerprint density at radius 1 is 1.07 bits per heavy atom. The van der Waals surface area contributed by atoms with Crippen LogP contribution in [-0.4, -0.2) is 65.8 Å². The minimum absolute atomic E-state index is 0.00411. The maximum atomic E-state index is 11.9. The first-order valence-corrected chi connectivity index (χ1v) is 17.5. The molecule has 0 saturated heterocycles. The number of carbonyl (C=O) groups excluding carboxylic acids is 1. The number of sulfonamides is 1. The molecule has 240 valence electrons. The van der Waals surface area contributed by atoms with Crippen molar-refractivity contribution in [2.75, 3.05) is 32.6 Å². The fourth-order valence-electron chi connectivity index (χ4n) is 6.23. The van der Waals surface area contributed by atoms with Crippen LogP contribution in [0.25, 0.3) is 0 Å². The molecular weight excluding hydrogens is 596 g/mol. The molecule has 2 bridgehead atoms. The summed E-state index contributed by atoms with van der Waals surface area (Å²) in [5, 5.41) is 8.63. The van der Waals surface area contributed by atoms with Gasteiger partial charge in [-0.05, 0) is 74.3 Å². The molecule has 13 heteroatoms. The van der Waals surface area contributed by atoms with Crippen molar-refractivity contribution < 1.29 is 40.4 Å². The Labute approximate surface area is 255 Å². The minimum Gasteiger partial charge on any atom is -0.495 e. The van der Waals surface area contributed by atoms with Gasteiger partial charge in [0.05, 0.1) is 24.9 Å². The van der Waals surface area contributed by atoms with Crippen molar-refractivity contribution in [3.05, 3.63) is 48.0 Å². The number of Topliss-reactive ketones (excluding diaryl/α,β-unsaturated/α-hetero) is 1. The van der Waals surface area contributed by atoms with Gasteiger partial charge in [0.2, 0.25) is 10.0 Å². The molecule has 2 aliphatic carbocycles. The molecular formula is C30H44N2O9S2. The summed E-state index contributed by atoms with van der Waals surface area (Å²) >= 11 is 0. The minimum atomic E-state index is -4.08. The van der Waals surface area contributed by atoms with E-state index in [1.165, 1.54) is 7.11 Å². The van der Waals surface area contributed by atoms with Crippen molar-refractivity contribution in [1.82, 2.24) is 5.32 Å². The summed E-state index contributed by atoms with van der Waals surface area (Å²) < 4.78 is 70.8. The highest BCUT2D eigenvalue weighted by Crippen LogP contribution is 2.64. The summed E-state index contributed by atoms with van der Waals surface area (Å²) in [4.78, 5) is 11.9. The third-order valence-corrected chi connectivity index (χ3v) is 10.4. The largest absolute Gasteiger partial charge is 0.495 e. The molecule has 4 N–H and O–H groups in total. The van der Waals surface area contributed by atoms with E-state index in [0.717, 1.165) is 17.7 Å². The van der Waals surface area contributed by atoms with Crippen LogP contribution in [0.1, 0.15) is 52.5 Å². The number of nitrogens with two attached hydrogens (primary N) is 1. The van der Waals surface area contributed by atoms with Crippen LogP contribution in [0.3, 0.4) is 0 Å². The van der Waals surface area contributed by atoms with Crippen LogP contribution in [0.15, 0.2) is 47.4 Å². The Morgan fingerprint density at radius 2 is 1.72 bits per heavy atom. The zero-order valence-corrected chi connectivity index (χ0v) is 27.1. The van der Waals surface area contributed by atoms with Crippen molar-refractivity contribution >= 4 is 25.9 Å². The molecule has 0 amide bonds. The molecule has 0 radical (unpaired) electrons. The number of ketones is 1. The maximum absolute atomic E-state index is 11.9. The van der Waals surface area contributed by atoms with Crippen LogP contribution in [0.2, 0.25) is 0 Å². The number of fused-ring (bicyclic) bond motifs is 2. The van der Waals surface area contributed by atoms with Crippen molar-refractivity contribution in [3.8, 4) is 17.2 Å². The van der Waals surface area contributed by atoms with E-state index in [1.54, 1.807) is 12.1 Å². The molecule has 2 fully saturated rings. The van der Waals surface area contributed by atoms with Crippen molar-refractivity contribution in [2.24, 2.45) is 21.9 Å². The lowest BCUT2D eigenvalue weighted by Crippen LogP contribution is -2.42. The van der Waals surface area contributed by atoms with E-state index in [0.29, 0.717) is 44.8 Å². The van der Waals surface area contributed by atoms with E-state index in [1.807, 2.05) is 58.0 Å². The first-order chi connectivity index (χ1) is 20.0. The monoisotopic (exact) mass is 640 g/mol. The van der Waals surface area contributed by atoms with Gasteiger partial charge in [-0.1, -0.05) is 32.0 Å². The Balaban J connectivity index is 0.000000282. The highest BCUT2D eigenvalue weighted by molar-refractivity contribution is 7.89. The second-order valence-corrected chi connectivity index (χ2v) is 14.7. The molecule has 0 aromatic heterocycles. The number of para-hydroxylation sites is 2. The molecule has 43 heavy (non-hydrogen) atoms. The molecule has 3 atom stereocenters. The number of carbonyl (C=O) groups is 1. The smallest absolute Gasteiger partial charge is 0.265 e. The van der Waals surface area contributed by atoms with E-state index < -0.39 is 31.3 Å². The molecule has 4 rings (SSSR count). The van der Waals surface area contributed by atoms with E-state index >= 15 is 0 Å². The van der Waals surface area contributed by atoms with Crippen LogP contribution >= 0.6 is 0 Å². The Hall–Kier alpha value is -2.71. The zero-order valence-electron chi connectivity index (χ0n) is 25.5. The molecule has 0 aliphatic heterocycles. The molecule has 2 aromatic rings. The summed E-state index contributed by atoms with van der Waals surface area (Å²) in [5.74, 6) is 1.59. The Morgan fingerprint density at radius 3 is 2.23 bits per heavy atom. The average Bonchev–Trinajstić information content (AvgIpc) is 3.25. The molecule has 2 aromatic carbocycles. The van der Waals surface area contributed by atoms with Gasteiger partial charge in [-0.25, -0.2) is 13.6 Å². The van der Waals surface area contributed by atoms with E-state index in [4.69, 9.17) is 23.9 Å². The Kier molecular flexibility index (Phi) is 11.3. The first-order valence-electron chi connectivity index (χ1n) is 14.3. The molecule has 2 saturated carbocycles. The summed E-state index contributed by atoms with van der Waals surface area (Å²) in [7, 11) is -6.50. The standard InChI is InChI=1S/C20H28N2O5S.C10H16O4S/c1-4-26-17-7-5-6-8-18(17)27-12-11-22-15(2)13-16-9-10-19(25-3)20(14-16)28(21,23)24;1-9(2)7-3-4-10(9,8(11)5-7)6-15(12,13)14/h5-10,14-15,22H,4,11-13H2,1-3H3,(H2,21,23,24);7H,3-6H2,1-2H3,(H,12,13,14)/t15-;7-,10-/m00/s1. The quantitative estimate of drug-likeness (QED) is 0.217. The van der Waals surface area contributed by atoms with Crippen LogP contribution < -0.4 is 24.7 Å². The number of hydrogen-bond acceptors (Lipinski definition) is 9. The van der Waals surface area contributed by atoms with Gasteiger partial charge >= 0.3 is 0 Å². The predicted octanol–water partition coefficient (Wildman–Crippen LogP) is 3.61. The average molecular weight is 641 g/mol. The molecule has 11 nitrogen and oxygen atoms in total. The van der Waals surface area contributed by atoms with E-state index in [9.17, 15) is 21.6 Å². The van der Waals surface area contributed by atoms with Gasteiger partial charge in [0.15, 0.2) is 11.5 Å². The van der Waals surface area contributed by atoms with Gasteiger partial charge in [-0.15, -0.1) is 0 Å². The lowest BCUT2D eigenvalue weighted by atomic mass is 9.70. The normalized spacial score (nSPS) is 21.6. The fraction of sp³-hybridized carbons (Fsp3) is 0.567. The highest BCUT2D eigenvalue weighted by atomic mass is 32.2. The number of rotatable bonds is 13. The van der Waals surface area contributed by atoms with Crippen LogP contribution in [0, 0.1) is 16.7 Å². The number of benzene rings is 2. The molecule has 2 aliphatic rings. The third kappa shape index (κ3) is 8.48. The second kappa shape index (κ2) is 13.9. The van der Waals surface area contributed by atoms with Crippen molar-refractivity contribution in [1.29, 1.82) is 0 Å². The SMILES string of the molecule is CC1(C)[C@H]2CC[C@]1(CS(=O)(=O)O)C(=O)C2.CCOc1ccccc1OCCN[C@@H](C)Cc1ccc(OC)c(S(N)(=O)=O)c1. The first kappa shape index (κ1) is 34.8. The summed E-state index contributed by atoms with van der Waals surface area (Å²) in [6, 6.07) is 12.7. The Bertz CT molecular complexity index is 1490. The fourth-order valence-corrected chi connectivity index (χ4v) is 8.27. The summed E-state index contributed by atoms with van der Waals surface area (Å²) in [5.41, 5.74) is -0.266. The van der Waals surface area contributed by atoms with E-state index in [-0.39, 0.29) is 33.8 Å². The number of primary sulfonamides is 1. The van der Waals surface area contributed by atoms with Crippen molar-refractivity contribution in [3.63, 3.8) is 0 Å². The van der Waals surface area contributed by atoms with Gasteiger partial charge in [0, 0.05) is 19.0 Å². The maximum Gasteiger partial charge on any atom is 0.265 e. The lowest BCUT2D eigenvalue weighted by Gasteiger charge is -2.35. The van der Waals surface area contributed by atoms with Gasteiger partial charge in [0.1, 0.15) is 23.0 Å². The number of methoxy groups -OCH3 is 1. The number of hydrogen-bond donors (Lipinski definition) is 3. The summed E-state index contributed by atoms with van der Waals surface area (Å²) in [6.07, 6.45) is 2.61. The second-order valence-electron chi connectivity index (χ2n) is 11.7. The van der Waals surface area contributed by atoms with E-state index in [2.05, 4.69) is 5.32 Å². The van der Waals surface area contributed by atoms with Crippen LogP contribution in [0.5, 0.6) is 17.2 Å².